The largest absolute Gasteiger partial charge is 0.373 e. The van der Waals surface area contributed by atoms with Crippen molar-refractivity contribution in [2.24, 2.45) is 0 Å². The first kappa shape index (κ1) is 13.0. The molecule has 0 saturated heterocycles. The molecule has 0 fully saturated rings. The second-order valence-electron chi connectivity index (χ2n) is 5.44. The van der Waals surface area contributed by atoms with E-state index in [0.717, 1.165) is 13.1 Å². The number of hydrogen-bond donors (Lipinski definition) is 1. The Morgan fingerprint density at radius 3 is 2.50 bits per heavy atom. The molecule has 2 heteroatoms. The maximum Gasteiger partial charge on any atom is 0.0366 e. The summed E-state index contributed by atoms with van der Waals surface area (Å²) in [5.41, 5.74) is 2.80. The summed E-state index contributed by atoms with van der Waals surface area (Å²) in [6.45, 7) is 10.7. The lowest BCUT2D eigenvalue weighted by atomic mass is 10.1. The summed E-state index contributed by atoms with van der Waals surface area (Å²) in [5, 5.41) is 3.50. The molecule has 0 radical (unpaired) electrons. The molecule has 1 N–H and O–H groups in total. The molecular formula is C14H24N2. The Labute approximate surface area is 99.7 Å². The normalized spacial score (nSPS) is 11.6. The predicted molar refractivity (Wildman–Crippen MR) is 72.2 cm³/mol. The van der Waals surface area contributed by atoms with E-state index in [2.05, 4.69) is 69.2 Å². The minimum Gasteiger partial charge on any atom is -0.373 e. The lowest BCUT2D eigenvalue weighted by molar-refractivity contribution is 0.431. The van der Waals surface area contributed by atoms with Crippen molar-refractivity contribution in [3.8, 4) is 0 Å². The quantitative estimate of drug-likeness (QED) is 0.839. The Bertz CT molecular complexity index is 326. The van der Waals surface area contributed by atoms with Gasteiger partial charge < -0.3 is 10.2 Å². The van der Waals surface area contributed by atoms with Crippen molar-refractivity contribution < 1.29 is 0 Å². The number of anilines is 1. The van der Waals surface area contributed by atoms with Gasteiger partial charge in [-0.2, -0.15) is 0 Å². The van der Waals surface area contributed by atoms with Crippen molar-refractivity contribution in [2.75, 3.05) is 25.0 Å². The lowest BCUT2D eigenvalue weighted by Crippen LogP contribution is -2.40. The van der Waals surface area contributed by atoms with E-state index in [1.165, 1.54) is 11.3 Å². The number of nitrogens with one attached hydrogen (secondary N) is 1. The molecular weight excluding hydrogens is 196 g/mol. The molecule has 0 heterocycles. The van der Waals surface area contributed by atoms with Gasteiger partial charge in [0.05, 0.1) is 0 Å². The average molecular weight is 220 g/mol. The van der Waals surface area contributed by atoms with Crippen LogP contribution in [0.2, 0.25) is 0 Å². The van der Waals surface area contributed by atoms with Gasteiger partial charge in [-0.1, -0.05) is 12.1 Å². The zero-order valence-corrected chi connectivity index (χ0v) is 11.2. The number of rotatable bonds is 4. The van der Waals surface area contributed by atoms with Crippen LogP contribution in [0.3, 0.4) is 0 Å². The van der Waals surface area contributed by atoms with Gasteiger partial charge in [0.25, 0.3) is 0 Å². The van der Waals surface area contributed by atoms with Crippen molar-refractivity contribution in [3.05, 3.63) is 29.8 Å². The second kappa shape index (κ2) is 5.35. The van der Waals surface area contributed by atoms with Gasteiger partial charge in [-0.3, -0.25) is 0 Å². The summed E-state index contributed by atoms with van der Waals surface area (Å²) >= 11 is 0. The number of aryl methyl sites for hydroxylation is 1. The highest BCUT2D eigenvalue weighted by atomic mass is 15.1. The molecule has 1 aromatic carbocycles. The topological polar surface area (TPSA) is 15.3 Å². The summed E-state index contributed by atoms with van der Waals surface area (Å²) in [4.78, 5) is 2.28. The molecule has 0 aliphatic carbocycles. The van der Waals surface area contributed by atoms with Crippen LogP contribution in [-0.2, 0) is 0 Å². The molecule has 90 valence electrons. The smallest absolute Gasteiger partial charge is 0.0366 e. The van der Waals surface area contributed by atoms with E-state index in [1.54, 1.807) is 0 Å². The summed E-state index contributed by atoms with van der Waals surface area (Å²) in [7, 11) is 2.14. The van der Waals surface area contributed by atoms with Crippen molar-refractivity contribution in [3.63, 3.8) is 0 Å². The van der Waals surface area contributed by atoms with E-state index in [0.29, 0.717) is 0 Å². The van der Waals surface area contributed by atoms with Crippen molar-refractivity contribution in [2.45, 2.75) is 33.2 Å². The third kappa shape index (κ3) is 4.67. The molecule has 2 nitrogen and oxygen atoms in total. The van der Waals surface area contributed by atoms with Crippen LogP contribution in [0, 0.1) is 6.92 Å². The van der Waals surface area contributed by atoms with Gasteiger partial charge in [-0.25, -0.2) is 0 Å². The Kier molecular flexibility index (Phi) is 4.36. The standard InChI is InChI=1S/C14H24N2/c1-12-7-6-8-13(11-12)16(5)10-9-15-14(2,3)4/h6-8,11,15H,9-10H2,1-5H3. The Balaban J connectivity index is 2.44. The third-order valence-electron chi connectivity index (χ3n) is 2.54. The SMILES string of the molecule is Cc1cccc(N(C)CCNC(C)(C)C)c1. The minimum absolute atomic E-state index is 0.202. The molecule has 1 rings (SSSR count). The first-order valence-corrected chi connectivity index (χ1v) is 5.91. The molecule has 0 amide bonds. The van der Waals surface area contributed by atoms with Gasteiger partial charge in [-0.15, -0.1) is 0 Å². The van der Waals surface area contributed by atoms with Crippen LogP contribution >= 0.6 is 0 Å². The Morgan fingerprint density at radius 1 is 1.25 bits per heavy atom. The van der Waals surface area contributed by atoms with Gasteiger partial charge in [-0.05, 0) is 45.4 Å². The first-order valence-electron chi connectivity index (χ1n) is 5.91. The highest BCUT2D eigenvalue weighted by molar-refractivity contribution is 5.47. The summed E-state index contributed by atoms with van der Waals surface area (Å²) in [6.07, 6.45) is 0. The highest BCUT2D eigenvalue weighted by Crippen LogP contribution is 2.13. The summed E-state index contributed by atoms with van der Waals surface area (Å²) < 4.78 is 0. The fourth-order valence-electron chi connectivity index (χ4n) is 1.59. The molecule has 0 aromatic heterocycles. The van der Waals surface area contributed by atoms with E-state index < -0.39 is 0 Å². The highest BCUT2D eigenvalue weighted by Gasteiger charge is 2.08. The van der Waals surface area contributed by atoms with Crippen molar-refractivity contribution in [1.29, 1.82) is 0 Å². The van der Waals surface area contributed by atoms with Crippen LogP contribution in [0.25, 0.3) is 0 Å². The van der Waals surface area contributed by atoms with E-state index in [9.17, 15) is 0 Å². The fourth-order valence-corrected chi connectivity index (χ4v) is 1.59. The van der Waals surface area contributed by atoms with E-state index in [4.69, 9.17) is 0 Å². The van der Waals surface area contributed by atoms with E-state index in [1.807, 2.05) is 0 Å². The number of hydrogen-bond acceptors (Lipinski definition) is 2. The first-order chi connectivity index (χ1) is 7.38. The monoisotopic (exact) mass is 220 g/mol. The van der Waals surface area contributed by atoms with Crippen LogP contribution in [0.1, 0.15) is 26.3 Å². The molecule has 0 aliphatic rings. The maximum absolute atomic E-state index is 3.50. The van der Waals surface area contributed by atoms with Gasteiger partial charge in [0, 0.05) is 31.4 Å². The molecule has 0 spiro atoms. The van der Waals surface area contributed by atoms with Crippen LogP contribution in [-0.4, -0.2) is 25.7 Å². The number of nitrogens with zero attached hydrogens (tertiary/aromatic N) is 1. The Morgan fingerprint density at radius 2 is 1.94 bits per heavy atom. The van der Waals surface area contributed by atoms with E-state index in [-0.39, 0.29) is 5.54 Å². The average Bonchev–Trinajstić information content (AvgIpc) is 2.15. The Hall–Kier alpha value is -1.02. The van der Waals surface area contributed by atoms with Gasteiger partial charge in [0.2, 0.25) is 0 Å². The zero-order chi connectivity index (χ0) is 12.2. The van der Waals surface area contributed by atoms with Crippen LogP contribution < -0.4 is 10.2 Å². The van der Waals surface area contributed by atoms with Crippen LogP contribution in [0.5, 0.6) is 0 Å². The molecule has 0 aliphatic heterocycles. The van der Waals surface area contributed by atoms with E-state index >= 15 is 0 Å². The maximum atomic E-state index is 3.50. The fraction of sp³-hybridized carbons (Fsp3) is 0.571. The van der Waals surface area contributed by atoms with Crippen molar-refractivity contribution >= 4 is 5.69 Å². The molecule has 0 saturated carbocycles. The van der Waals surface area contributed by atoms with Gasteiger partial charge in [0.15, 0.2) is 0 Å². The van der Waals surface area contributed by atoms with Crippen molar-refractivity contribution in [1.82, 2.24) is 5.32 Å². The number of likely N-dealkylation sites (N-methyl/N-ethyl adjacent to an activating group) is 1. The molecule has 0 unspecified atom stereocenters. The molecule has 0 atom stereocenters. The predicted octanol–water partition coefficient (Wildman–Crippen LogP) is 2.82. The zero-order valence-electron chi connectivity index (χ0n) is 11.2. The third-order valence-corrected chi connectivity index (χ3v) is 2.54. The van der Waals surface area contributed by atoms with Gasteiger partial charge >= 0.3 is 0 Å². The van der Waals surface area contributed by atoms with Crippen LogP contribution in [0.4, 0.5) is 5.69 Å². The summed E-state index contributed by atoms with van der Waals surface area (Å²) in [5.74, 6) is 0. The number of benzene rings is 1. The summed E-state index contributed by atoms with van der Waals surface area (Å²) in [6, 6.07) is 8.62. The molecule has 0 bridgehead atoms. The van der Waals surface area contributed by atoms with Gasteiger partial charge in [0.1, 0.15) is 0 Å². The van der Waals surface area contributed by atoms with Crippen LogP contribution in [0.15, 0.2) is 24.3 Å². The molecule has 16 heavy (non-hydrogen) atoms. The second-order valence-corrected chi connectivity index (χ2v) is 5.44. The minimum atomic E-state index is 0.202. The molecule has 1 aromatic rings. The lowest BCUT2D eigenvalue weighted by Gasteiger charge is -2.25.